The lowest BCUT2D eigenvalue weighted by atomic mass is 10.1. The Kier molecular flexibility index (Phi) is 4.50. The van der Waals surface area contributed by atoms with Crippen molar-refractivity contribution >= 4 is 11.7 Å². The van der Waals surface area contributed by atoms with Gasteiger partial charge in [0.25, 0.3) is 0 Å². The number of carbonyl (C=O) groups is 2. The Morgan fingerprint density at radius 3 is 2.18 bits per heavy atom. The van der Waals surface area contributed by atoms with E-state index in [-0.39, 0.29) is 17.7 Å². The lowest BCUT2D eigenvalue weighted by molar-refractivity contribution is -0.126. The second-order valence-electron chi connectivity index (χ2n) is 2.48. The van der Waals surface area contributed by atoms with Crippen LogP contribution >= 0.6 is 0 Å². The highest BCUT2D eigenvalue weighted by Gasteiger charge is 2.14. The summed E-state index contributed by atoms with van der Waals surface area (Å²) in [5.74, 6) is -0.0404. The molecule has 1 atom stereocenters. The van der Waals surface area contributed by atoms with Crippen LogP contribution < -0.4 is 5.32 Å². The molecule has 0 aliphatic rings. The fraction of sp³-hybridized carbons (Fsp3) is 0.750. The van der Waals surface area contributed by atoms with Crippen molar-refractivity contribution in [2.45, 2.75) is 39.7 Å². The monoisotopic (exact) mass is 157 g/mol. The van der Waals surface area contributed by atoms with Crippen LogP contribution in [0.1, 0.15) is 33.6 Å². The van der Waals surface area contributed by atoms with E-state index >= 15 is 0 Å². The molecule has 1 N–H and O–H groups in total. The van der Waals surface area contributed by atoms with E-state index in [4.69, 9.17) is 0 Å². The van der Waals surface area contributed by atoms with Gasteiger partial charge >= 0.3 is 0 Å². The molecule has 0 aliphatic heterocycles. The van der Waals surface area contributed by atoms with E-state index in [0.717, 1.165) is 0 Å². The molecule has 1 amide bonds. The standard InChI is InChI=1S/C8H15NO2/c1-4-7(8(11)5-2)9-6(3)10/h7H,4-5H2,1-3H3,(H,9,10). The Morgan fingerprint density at radius 2 is 1.91 bits per heavy atom. The topological polar surface area (TPSA) is 46.2 Å². The van der Waals surface area contributed by atoms with Crippen LogP contribution in [0.15, 0.2) is 0 Å². The molecule has 0 spiro atoms. The fourth-order valence-electron chi connectivity index (χ4n) is 0.902. The minimum atomic E-state index is -0.280. The summed E-state index contributed by atoms with van der Waals surface area (Å²) in [6.45, 7) is 5.10. The molecule has 0 aliphatic carbocycles. The van der Waals surface area contributed by atoms with Crippen LogP contribution in [0, 0.1) is 0 Å². The van der Waals surface area contributed by atoms with Crippen molar-refractivity contribution in [2.75, 3.05) is 0 Å². The zero-order chi connectivity index (χ0) is 8.85. The zero-order valence-electron chi connectivity index (χ0n) is 7.31. The summed E-state index contributed by atoms with van der Waals surface area (Å²) in [7, 11) is 0. The van der Waals surface area contributed by atoms with Crippen LogP contribution in [-0.4, -0.2) is 17.7 Å². The summed E-state index contributed by atoms with van der Waals surface area (Å²) in [6, 6.07) is -0.280. The fourth-order valence-corrected chi connectivity index (χ4v) is 0.902. The molecule has 0 aromatic heterocycles. The number of carbonyl (C=O) groups excluding carboxylic acids is 2. The Bertz CT molecular complexity index is 154. The second kappa shape index (κ2) is 4.88. The number of ketones is 1. The van der Waals surface area contributed by atoms with E-state index < -0.39 is 0 Å². The van der Waals surface area contributed by atoms with E-state index in [9.17, 15) is 9.59 Å². The third-order valence-electron chi connectivity index (χ3n) is 1.52. The molecule has 64 valence electrons. The summed E-state index contributed by atoms with van der Waals surface area (Å²) in [5.41, 5.74) is 0. The minimum Gasteiger partial charge on any atom is -0.347 e. The quantitative estimate of drug-likeness (QED) is 0.658. The molecule has 0 aromatic carbocycles. The first-order chi connectivity index (χ1) is 5.11. The Morgan fingerprint density at radius 1 is 1.36 bits per heavy atom. The number of amides is 1. The molecule has 0 saturated carbocycles. The van der Waals surface area contributed by atoms with Crippen molar-refractivity contribution in [3.05, 3.63) is 0 Å². The maximum atomic E-state index is 11.1. The van der Waals surface area contributed by atoms with E-state index in [1.165, 1.54) is 6.92 Å². The van der Waals surface area contributed by atoms with E-state index in [1.54, 1.807) is 6.92 Å². The third-order valence-corrected chi connectivity index (χ3v) is 1.52. The van der Waals surface area contributed by atoms with Crippen molar-refractivity contribution < 1.29 is 9.59 Å². The molecule has 0 heterocycles. The van der Waals surface area contributed by atoms with Gasteiger partial charge in [-0.2, -0.15) is 0 Å². The highest BCUT2D eigenvalue weighted by atomic mass is 16.2. The van der Waals surface area contributed by atoms with Crippen LogP contribution in [-0.2, 0) is 9.59 Å². The smallest absolute Gasteiger partial charge is 0.217 e. The van der Waals surface area contributed by atoms with Crippen LogP contribution in [0.3, 0.4) is 0 Å². The van der Waals surface area contributed by atoms with Crippen molar-refractivity contribution in [3.63, 3.8) is 0 Å². The molecule has 0 rings (SSSR count). The maximum Gasteiger partial charge on any atom is 0.217 e. The Labute approximate surface area is 67.2 Å². The summed E-state index contributed by atoms with van der Waals surface area (Å²) in [4.78, 5) is 21.6. The van der Waals surface area contributed by atoms with Gasteiger partial charge in [0.1, 0.15) is 0 Å². The molecule has 0 saturated heterocycles. The number of hydrogen-bond donors (Lipinski definition) is 1. The van der Waals surface area contributed by atoms with Gasteiger partial charge in [-0.1, -0.05) is 13.8 Å². The molecule has 3 nitrogen and oxygen atoms in total. The molecule has 11 heavy (non-hydrogen) atoms. The molecule has 0 bridgehead atoms. The molecule has 1 unspecified atom stereocenters. The lowest BCUT2D eigenvalue weighted by Crippen LogP contribution is -2.38. The summed E-state index contributed by atoms with van der Waals surface area (Å²) >= 11 is 0. The molecule has 0 radical (unpaired) electrons. The Hall–Kier alpha value is -0.860. The van der Waals surface area contributed by atoms with Crippen molar-refractivity contribution in [1.82, 2.24) is 5.32 Å². The van der Waals surface area contributed by atoms with Crippen molar-refractivity contribution in [3.8, 4) is 0 Å². The first kappa shape index (κ1) is 10.1. The summed E-state index contributed by atoms with van der Waals surface area (Å²) in [5, 5.41) is 2.59. The predicted octanol–water partition coefficient (Wildman–Crippen LogP) is 0.880. The van der Waals surface area contributed by atoms with Crippen LogP contribution in [0.5, 0.6) is 0 Å². The third kappa shape index (κ3) is 3.75. The number of rotatable bonds is 4. The van der Waals surface area contributed by atoms with Gasteiger partial charge in [0.05, 0.1) is 6.04 Å². The molecule has 0 aromatic rings. The van der Waals surface area contributed by atoms with Crippen molar-refractivity contribution in [2.24, 2.45) is 0 Å². The summed E-state index contributed by atoms with van der Waals surface area (Å²) < 4.78 is 0. The Balaban J connectivity index is 3.94. The highest BCUT2D eigenvalue weighted by Crippen LogP contribution is 1.95. The zero-order valence-corrected chi connectivity index (χ0v) is 7.31. The van der Waals surface area contributed by atoms with Crippen LogP contribution in [0.2, 0.25) is 0 Å². The number of Topliss-reactive ketones (excluding diaryl/α,β-unsaturated/α-hetero) is 1. The van der Waals surface area contributed by atoms with Crippen LogP contribution in [0.25, 0.3) is 0 Å². The van der Waals surface area contributed by atoms with Crippen molar-refractivity contribution in [1.29, 1.82) is 0 Å². The van der Waals surface area contributed by atoms with Gasteiger partial charge in [-0.25, -0.2) is 0 Å². The number of nitrogens with one attached hydrogen (secondary N) is 1. The molecular weight excluding hydrogens is 142 g/mol. The van der Waals surface area contributed by atoms with Gasteiger partial charge in [0, 0.05) is 13.3 Å². The molecule has 3 heteroatoms. The lowest BCUT2D eigenvalue weighted by Gasteiger charge is -2.12. The maximum absolute atomic E-state index is 11.1. The largest absolute Gasteiger partial charge is 0.347 e. The molecular formula is C8H15NO2. The summed E-state index contributed by atoms with van der Waals surface area (Å²) in [6.07, 6.45) is 1.16. The van der Waals surface area contributed by atoms with Crippen LogP contribution in [0.4, 0.5) is 0 Å². The molecule has 0 fully saturated rings. The normalized spacial score (nSPS) is 12.3. The average molecular weight is 157 g/mol. The average Bonchev–Trinajstić information content (AvgIpc) is 1.98. The van der Waals surface area contributed by atoms with E-state index in [2.05, 4.69) is 5.32 Å². The van der Waals surface area contributed by atoms with Gasteiger partial charge in [-0.15, -0.1) is 0 Å². The SMILES string of the molecule is CCC(=O)C(CC)NC(C)=O. The first-order valence-corrected chi connectivity index (χ1v) is 3.91. The first-order valence-electron chi connectivity index (χ1n) is 3.91. The highest BCUT2D eigenvalue weighted by molar-refractivity contribution is 5.88. The minimum absolute atomic E-state index is 0.0997. The predicted molar refractivity (Wildman–Crippen MR) is 43.2 cm³/mol. The van der Waals surface area contributed by atoms with E-state index in [1.807, 2.05) is 6.92 Å². The van der Waals surface area contributed by atoms with Gasteiger partial charge < -0.3 is 5.32 Å². The van der Waals surface area contributed by atoms with Gasteiger partial charge in [-0.05, 0) is 6.42 Å². The van der Waals surface area contributed by atoms with Gasteiger partial charge in [-0.3, -0.25) is 9.59 Å². The van der Waals surface area contributed by atoms with Gasteiger partial charge in [0.2, 0.25) is 5.91 Å². The number of hydrogen-bond acceptors (Lipinski definition) is 2. The van der Waals surface area contributed by atoms with E-state index in [0.29, 0.717) is 12.8 Å². The second-order valence-corrected chi connectivity index (χ2v) is 2.48. The van der Waals surface area contributed by atoms with Gasteiger partial charge in [0.15, 0.2) is 5.78 Å².